The molecule has 2 aromatic rings. The number of rotatable bonds is 7. The van der Waals surface area contributed by atoms with E-state index in [9.17, 15) is 4.79 Å². The highest BCUT2D eigenvalue weighted by atomic mass is 32.2. The molecule has 0 saturated carbocycles. The zero-order chi connectivity index (χ0) is 17.3. The average Bonchev–Trinajstić information content (AvgIpc) is 2.65. The molecule has 2 N–H and O–H groups in total. The van der Waals surface area contributed by atoms with Crippen LogP contribution >= 0.6 is 11.8 Å². The SMILES string of the molecule is O=C(C[C@@H]1COCCN1)Nc1ccc(SCCc2ccccn2)cc1. The lowest BCUT2D eigenvalue weighted by atomic mass is 10.2. The number of hydrogen-bond donors (Lipinski definition) is 2. The van der Waals surface area contributed by atoms with E-state index >= 15 is 0 Å². The number of benzene rings is 1. The normalized spacial score (nSPS) is 17.2. The Labute approximate surface area is 152 Å². The van der Waals surface area contributed by atoms with E-state index in [0.717, 1.165) is 36.7 Å². The minimum atomic E-state index is 0.0126. The first-order valence-corrected chi connectivity index (χ1v) is 9.52. The summed E-state index contributed by atoms with van der Waals surface area (Å²) >= 11 is 1.79. The Morgan fingerprint density at radius 3 is 2.88 bits per heavy atom. The fraction of sp³-hybridized carbons (Fsp3) is 0.368. The summed E-state index contributed by atoms with van der Waals surface area (Å²) in [5.41, 5.74) is 1.94. The van der Waals surface area contributed by atoms with Gasteiger partial charge in [-0.2, -0.15) is 0 Å². The number of carbonyl (C=O) groups is 1. The van der Waals surface area contributed by atoms with Crippen molar-refractivity contribution in [3.63, 3.8) is 0 Å². The minimum absolute atomic E-state index is 0.0126. The molecule has 0 unspecified atom stereocenters. The van der Waals surface area contributed by atoms with Crippen molar-refractivity contribution in [1.82, 2.24) is 10.3 Å². The van der Waals surface area contributed by atoms with E-state index in [0.29, 0.717) is 13.0 Å². The second kappa shape index (κ2) is 9.56. The van der Waals surface area contributed by atoms with Crippen molar-refractivity contribution in [2.45, 2.75) is 23.8 Å². The van der Waals surface area contributed by atoms with Crippen LogP contribution in [0.15, 0.2) is 53.6 Å². The maximum atomic E-state index is 12.1. The molecule has 1 aromatic heterocycles. The van der Waals surface area contributed by atoms with Gasteiger partial charge in [-0.25, -0.2) is 0 Å². The Hall–Kier alpha value is -1.89. The molecule has 1 atom stereocenters. The van der Waals surface area contributed by atoms with Crippen molar-refractivity contribution in [3.8, 4) is 0 Å². The molecule has 25 heavy (non-hydrogen) atoms. The van der Waals surface area contributed by atoms with Crippen molar-refractivity contribution in [1.29, 1.82) is 0 Å². The Kier molecular flexibility index (Phi) is 6.85. The van der Waals surface area contributed by atoms with Gasteiger partial charge in [0.1, 0.15) is 0 Å². The number of nitrogens with one attached hydrogen (secondary N) is 2. The van der Waals surface area contributed by atoms with Crippen LogP contribution in [0, 0.1) is 0 Å². The van der Waals surface area contributed by atoms with Crippen LogP contribution in [-0.4, -0.2) is 42.4 Å². The van der Waals surface area contributed by atoms with Gasteiger partial charge in [0.05, 0.1) is 13.2 Å². The molecule has 6 heteroatoms. The lowest BCUT2D eigenvalue weighted by molar-refractivity contribution is -0.117. The van der Waals surface area contributed by atoms with E-state index in [4.69, 9.17) is 4.74 Å². The van der Waals surface area contributed by atoms with Crippen molar-refractivity contribution in [2.75, 3.05) is 30.8 Å². The van der Waals surface area contributed by atoms with Gasteiger partial charge in [0.15, 0.2) is 0 Å². The average molecular weight is 357 g/mol. The first kappa shape index (κ1) is 17.9. The molecular weight excluding hydrogens is 334 g/mol. The van der Waals surface area contributed by atoms with Gasteiger partial charge in [-0.15, -0.1) is 11.8 Å². The van der Waals surface area contributed by atoms with Crippen molar-refractivity contribution < 1.29 is 9.53 Å². The summed E-state index contributed by atoms with van der Waals surface area (Å²) in [5.74, 6) is 0.995. The van der Waals surface area contributed by atoms with Crippen LogP contribution in [0.4, 0.5) is 5.69 Å². The van der Waals surface area contributed by atoms with E-state index in [1.807, 2.05) is 48.7 Å². The van der Waals surface area contributed by atoms with Crippen LogP contribution in [0.2, 0.25) is 0 Å². The van der Waals surface area contributed by atoms with Crippen molar-refractivity contribution in [3.05, 3.63) is 54.4 Å². The zero-order valence-electron chi connectivity index (χ0n) is 14.1. The first-order valence-electron chi connectivity index (χ1n) is 8.53. The van der Waals surface area contributed by atoms with Gasteiger partial charge in [-0.1, -0.05) is 6.07 Å². The van der Waals surface area contributed by atoms with Gasteiger partial charge >= 0.3 is 0 Å². The molecule has 1 fully saturated rings. The van der Waals surface area contributed by atoms with Crippen LogP contribution in [0.1, 0.15) is 12.1 Å². The Morgan fingerprint density at radius 1 is 1.28 bits per heavy atom. The number of carbonyl (C=O) groups excluding carboxylic acids is 1. The quantitative estimate of drug-likeness (QED) is 0.746. The molecule has 0 radical (unpaired) electrons. The van der Waals surface area contributed by atoms with E-state index in [1.54, 1.807) is 11.8 Å². The van der Waals surface area contributed by atoms with E-state index in [2.05, 4.69) is 15.6 Å². The van der Waals surface area contributed by atoms with Gasteiger partial charge in [0.2, 0.25) is 5.91 Å². The molecule has 132 valence electrons. The second-order valence-electron chi connectivity index (χ2n) is 5.92. The summed E-state index contributed by atoms with van der Waals surface area (Å²) in [6, 6.07) is 14.1. The number of amides is 1. The summed E-state index contributed by atoms with van der Waals surface area (Å²) in [5, 5.41) is 6.23. The molecule has 1 saturated heterocycles. The number of nitrogens with zero attached hydrogens (tertiary/aromatic N) is 1. The topological polar surface area (TPSA) is 63.2 Å². The van der Waals surface area contributed by atoms with Gasteiger partial charge in [-0.05, 0) is 42.8 Å². The fourth-order valence-corrected chi connectivity index (χ4v) is 3.52. The summed E-state index contributed by atoms with van der Waals surface area (Å²) in [4.78, 5) is 17.6. The molecule has 2 heterocycles. The highest BCUT2D eigenvalue weighted by Gasteiger charge is 2.16. The third-order valence-electron chi connectivity index (χ3n) is 3.92. The number of aromatic nitrogens is 1. The van der Waals surface area contributed by atoms with E-state index in [-0.39, 0.29) is 11.9 Å². The summed E-state index contributed by atoms with van der Waals surface area (Å²) in [6.07, 6.45) is 3.20. The number of aryl methyl sites for hydroxylation is 1. The molecule has 0 spiro atoms. The molecule has 1 aliphatic rings. The standard InChI is InChI=1S/C19H23N3O2S/c23-19(13-17-14-24-11-10-21-17)22-16-4-6-18(7-5-16)25-12-8-15-3-1-2-9-20-15/h1-7,9,17,21H,8,10-14H2,(H,22,23)/t17-/m1/s1. The van der Waals surface area contributed by atoms with Crippen LogP contribution < -0.4 is 10.6 Å². The number of ether oxygens (including phenoxy) is 1. The molecule has 1 aromatic carbocycles. The maximum absolute atomic E-state index is 12.1. The predicted octanol–water partition coefficient (Wildman–Crippen LogP) is 2.73. The number of pyridine rings is 1. The van der Waals surface area contributed by atoms with E-state index < -0.39 is 0 Å². The Balaban J connectivity index is 1.41. The van der Waals surface area contributed by atoms with Crippen LogP contribution in [0.5, 0.6) is 0 Å². The second-order valence-corrected chi connectivity index (χ2v) is 7.09. The van der Waals surface area contributed by atoms with Gasteiger partial charge < -0.3 is 15.4 Å². The molecule has 3 rings (SSSR count). The molecule has 1 aliphatic heterocycles. The minimum Gasteiger partial charge on any atom is -0.378 e. The number of morpholine rings is 1. The Morgan fingerprint density at radius 2 is 2.16 bits per heavy atom. The molecule has 0 bridgehead atoms. The van der Waals surface area contributed by atoms with Crippen LogP contribution in [0.25, 0.3) is 0 Å². The van der Waals surface area contributed by atoms with Crippen LogP contribution in [-0.2, 0) is 16.0 Å². The largest absolute Gasteiger partial charge is 0.378 e. The Bertz CT molecular complexity index is 658. The van der Waals surface area contributed by atoms with Crippen molar-refractivity contribution in [2.24, 2.45) is 0 Å². The third-order valence-corrected chi connectivity index (χ3v) is 4.94. The number of thioether (sulfide) groups is 1. The van der Waals surface area contributed by atoms with Gasteiger partial charge in [-0.3, -0.25) is 9.78 Å². The first-order chi connectivity index (χ1) is 12.3. The summed E-state index contributed by atoms with van der Waals surface area (Å²) < 4.78 is 5.37. The van der Waals surface area contributed by atoms with Gasteiger partial charge in [0.25, 0.3) is 0 Å². The molecular formula is C19H23N3O2S. The lowest BCUT2D eigenvalue weighted by Gasteiger charge is -2.23. The monoisotopic (exact) mass is 357 g/mol. The highest BCUT2D eigenvalue weighted by Crippen LogP contribution is 2.21. The summed E-state index contributed by atoms with van der Waals surface area (Å²) in [6.45, 7) is 2.12. The fourth-order valence-electron chi connectivity index (χ4n) is 2.64. The highest BCUT2D eigenvalue weighted by molar-refractivity contribution is 7.99. The smallest absolute Gasteiger partial charge is 0.226 e. The number of anilines is 1. The summed E-state index contributed by atoms with van der Waals surface area (Å²) in [7, 11) is 0. The predicted molar refractivity (Wildman–Crippen MR) is 101 cm³/mol. The van der Waals surface area contributed by atoms with E-state index in [1.165, 1.54) is 4.90 Å². The number of hydrogen-bond acceptors (Lipinski definition) is 5. The molecule has 1 amide bonds. The van der Waals surface area contributed by atoms with Crippen LogP contribution in [0.3, 0.4) is 0 Å². The van der Waals surface area contributed by atoms with Crippen molar-refractivity contribution >= 4 is 23.4 Å². The molecule has 5 nitrogen and oxygen atoms in total. The maximum Gasteiger partial charge on any atom is 0.226 e. The molecule has 0 aliphatic carbocycles. The van der Waals surface area contributed by atoms with Gasteiger partial charge in [0, 0.05) is 47.2 Å². The zero-order valence-corrected chi connectivity index (χ0v) is 14.9. The third kappa shape index (κ3) is 6.16. The lowest BCUT2D eigenvalue weighted by Crippen LogP contribution is -2.43.